The Kier molecular flexibility index (Phi) is 8.10. The number of rotatable bonds is 7. The third kappa shape index (κ3) is 5.90. The van der Waals surface area contributed by atoms with Crippen LogP contribution in [0.3, 0.4) is 0 Å². The van der Waals surface area contributed by atoms with E-state index in [1.807, 2.05) is 18.2 Å². The lowest BCUT2D eigenvalue weighted by Crippen LogP contribution is -2.21. The quantitative estimate of drug-likeness (QED) is 0.241. The summed E-state index contributed by atoms with van der Waals surface area (Å²) >= 11 is 0. The number of allylic oxidation sites excluding steroid dienone is 2. The first kappa shape index (κ1) is 24.5. The molecule has 0 radical (unpaired) electrons. The molecule has 0 spiro atoms. The Balaban J connectivity index is 1.83. The Morgan fingerprint density at radius 2 is 1.09 bits per heavy atom. The molecule has 0 heterocycles. The molecule has 0 aliphatic carbocycles. The summed E-state index contributed by atoms with van der Waals surface area (Å²) in [5.41, 5.74) is -0.0235. The summed E-state index contributed by atoms with van der Waals surface area (Å²) in [6, 6.07) is 39.3. The van der Waals surface area contributed by atoms with Crippen LogP contribution in [-0.4, -0.2) is 6.16 Å². The van der Waals surface area contributed by atoms with Gasteiger partial charge in [0.25, 0.3) is 0 Å². The van der Waals surface area contributed by atoms with Crippen molar-refractivity contribution in [1.82, 2.24) is 0 Å². The van der Waals surface area contributed by atoms with Crippen molar-refractivity contribution in [3.05, 3.63) is 132 Å². The van der Waals surface area contributed by atoms with E-state index in [1.165, 1.54) is 21.2 Å². The summed E-state index contributed by atoms with van der Waals surface area (Å²) in [5, 5.41) is 6.15. The Labute approximate surface area is 206 Å². The maximum Gasteiger partial charge on any atom is 0.131 e. The SMILES string of the molecule is CC(C)(C)/C(=C/CP(c1ccccc1)c1ccccc1F)P(c1ccccc1)c1ccccc1. The lowest BCUT2D eigenvalue weighted by atomic mass is 9.96. The third-order valence-corrected chi connectivity index (χ3v) is 11.1. The van der Waals surface area contributed by atoms with Gasteiger partial charge in [0, 0.05) is 5.30 Å². The molecule has 0 bridgehead atoms. The van der Waals surface area contributed by atoms with Gasteiger partial charge in [-0.3, -0.25) is 0 Å². The predicted molar refractivity (Wildman–Crippen MR) is 151 cm³/mol. The number of hydrogen-bond acceptors (Lipinski definition) is 0. The summed E-state index contributed by atoms with van der Waals surface area (Å²) in [7, 11) is -1.56. The molecular weight excluding hydrogens is 453 g/mol. The summed E-state index contributed by atoms with van der Waals surface area (Å²) in [6.07, 6.45) is 3.24. The normalized spacial score (nSPS) is 13.1. The van der Waals surface area contributed by atoms with Gasteiger partial charge in [-0.15, -0.1) is 0 Å². The molecule has 4 aromatic rings. The van der Waals surface area contributed by atoms with Crippen molar-refractivity contribution >= 4 is 37.1 Å². The highest BCUT2D eigenvalue weighted by atomic mass is 31.1. The molecule has 0 nitrogen and oxygen atoms in total. The zero-order valence-corrected chi connectivity index (χ0v) is 21.8. The van der Waals surface area contributed by atoms with Crippen LogP contribution in [0.15, 0.2) is 127 Å². The Morgan fingerprint density at radius 3 is 1.56 bits per heavy atom. The second-order valence-corrected chi connectivity index (χ2v) is 13.6. The molecule has 1 atom stereocenters. The number of halogens is 1. The molecule has 0 N–H and O–H groups in total. The van der Waals surface area contributed by atoms with Gasteiger partial charge in [0.15, 0.2) is 0 Å². The smallest absolute Gasteiger partial charge is 0.131 e. The third-order valence-electron chi connectivity index (χ3n) is 5.72. The lowest BCUT2D eigenvalue weighted by molar-refractivity contribution is 0.531. The molecule has 34 heavy (non-hydrogen) atoms. The highest BCUT2D eigenvalue weighted by Gasteiger charge is 2.28. The maximum absolute atomic E-state index is 15.0. The van der Waals surface area contributed by atoms with Crippen molar-refractivity contribution in [1.29, 1.82) is 0 Å². The van der Waals surface area contributed by atoms with Crippen LogP contribution in [0.25, 0.3) is 0 Å². The molecule has 0 saturated heterocycles. The van der Waals surface area contributed by atoms with Crippen LogP contribution in [0.1, 0.15) is 20.8 Å². The summed E-state index contributed by atoms with van der Waals surface area (Å²) in [5.74, 6) is -0.114. The summed E-state index contributed by atoms with van der Waals surface area (Å²) in [6.45, 7) is 6.90. The predicted octanol–water partition coefficient (Wildman–Crippen LogP) is 7.32. The van der Waals surface area contributed by atoms with Gasteiger partial charge in [-0.25, -0.2) is 4.39 Å². The first-order chi connectivity index (χ1) is 16.4. The van der Waals surface area contributed by atoms with Gasteiger partial charge in [-0.1, -0.05) is 136 Å². The van der Waals surface area contributed by atoms with E-state index in [-0.39, 0.29) is 11.2 Å². The molecule has 0 amide bonds. The zero-order chi connectivity index (χ0) is 24.0. The molecule has 4 aromatic carbocycles. The van der Waals surface area contributed by atoms with E-state index in [4.69, 9.17) is 0 Å². The topological polar surface area (TPSA) is 0 Å². The first-order valence-corrected chi connectivity index (χ1v) is 14.5. The molecule has 0 saturated carbocycles. The number of benzene rings is 4. The second kappa shape index (κ2) is 11.2. The van der Waals surface area contributed by atoms with Crippen LogP contribution < -0.4 is 21.2 Å². The maximum atomic E-state index is 15.0. The van der Waals surface area contributed by atoms with Crippen LogP contribution in [0.2, 0.25) is 0 Å². The average molecular weight is 485 g/mol. The number of hydrogen-bond donors (Lipinski definition) is 0. The average Bonchev–Trinajstić information content (AvgIpc) is 2.85. The van der Waals surface area contributed by atoms with Gasteiger partial charge in [-0.2, -0.15) is 0 Å². The van der Waals surface area contributed by atoms with Crippen LogP contribution in [-0.2, 0) is 0 Å². The van der Waals surface area contributed by atoms with E-state index in [1.54, 1.807) is 12.1 Å². The molecular formula is C31H31FP2. The van der Waals surface area contributed by atoms with Crippen molar-refractivity contribution in [2.24, 2.45) is 5.41 Å². The van der Waals surface area contributed by atoms with Crippen LogP contribution in [0, 0.1) is 11.2 Å². The van der Waals surface area contributed by atoms with Gasteiger partial charge >= 0.3 is 0 Å². The van der Waals surface area contributed by atoms with Crippen molar-refractivity contribution in [3.63, 3.8) is 0 Å². The monoisotopic (exact) mass is 484 g/mol. The van der Waals surface area contributed by atoms with E-state index < -0.39 is 15.8 Å². The van der Waals surface area contributed by atoms with Crippen molar-refractivity contribution < 1.29 is 4.39 Å². The van der Waals surface area contributed by atoms with Gasteiger partial charge in [0.05, 0.1) is 0 Å². The minimum atomic E-state index is -0.855. The highest BCUT2D eigenvalue weighted by Crippen LogP contribution is 2.52. The molecule has 1 unspecified atom stereocenters. The molecule has 0 aromatic heterocycles. The standard InChI is InChI=1S/C31H31FP2/c1-31(2,3)30(34(26-17-9-5-10-18-26)27-19-11-6-12-20-27)23-24-33(25-15-7-4-8-16-25)29-22-14-13-21-28(29)32/h4-23H,24H2,1-3H3/b30-23-. The summed E-state index contributed by atoms with van der Waals surface area (Å²) in [4.78, 5) is 0. The molecule has 3 heteroatoms. The fraction of sp³-hybridized carbons (Fsp3) is 0.161. The van der Waals surface area contributed by atoms with Crippen molar-refractivity contribution in [2.45, 2.75) is 20.8 Å². The lowest BCUT2D eigenvalue weighted by Gasteiger charge is -2.32. The minimum Gasteiger partial charge on any atom is -0.206 e. The van der Waals surface area contributed by atoms with Gasteiger partial charge in [0.1, 0.15) is 5.82 Å². The Morgan fingerprint density at radius 1 is 0.647 bits per heavy atom. The van der Waals surface area contributed by atoms with Crippen LogP contribution >= 0.6 is 15.8 Å². The van der Waals surface area contributed by atoms with Gasteiger partial charge in [-0.05, 0) is 54.7 Å². The van der Waals surface area contributed by atoms with Crippen LogP contribution in [0.4, 0.5) is 4.39 Å². The van der Waals surface area contributed by atoms with E-state index in [9.17, 15) is 4.39 Å². The fourth-order valence-electron chi connectivity index (χ4n) is 4.11. The molecule has 4 rings (SSSR count). The van der Waals surface area contributed by atoms with E-state index >= 15 is 0 Å². The van der Waals surface area contributed by atoms with Crippen molar-refractivity contribution in [3.8, 4) is 0 Å². The second-order valence-electron chi connectivity index (χ2n) is 9.24. The van der Waals surface area contributed by atoms with E-state index in [2.05, 4.69) is 112 Å². The van der Waals surface area contributed by atoms with Crippen LogP contribution in [0.5, 0.6) is 0 Å². The van der Waals surface area contributed by atoms with Crippen molar-refractivity contribution in [2.75, 3.05) is 6.16 Å². The molecule has 172 valence electrons. The molecule has 0 fully saturated rings. The largest absolute Gasteiger partial charge is 0.206 e. The highest BCUT2D eigenvalue weighted by molar-refractivity contribution is 7.77. The van der Waals surface area contributed by atoms with Gasteiger partial charge in [0.2, 0.25) is 0 Å². The van der Waals surface area contributed by atoms with Gasteiger partial charge < -0.3 is 0 Å². The Bertz CT molecular complexity index is 1170. The Hall–Kier alpha value is -2.59. The fourth-order valence-corrected chi connectivity index (χ4v) is 9.18. The minimum absolute atomic E-state index is 0.0235. The van der Waals surface area contributed by atoms with E-state index in [0.717, 1.165) is 11.5 Å². The molecule has 0 aliphatic heterocycles. The molecule has 0 aliphatic rings. The zero-order valence-electron chi connectivity index (χ0n) is 20.0. The van der Waals surface area contributed by atoms with E-state index in [0.29, 0.717) is 0 Å². The summed E-state index contributed by atoms with van der Waals surface area (Å²) < 4.78 is 15.0. The first-order valence-electron chi connectivity index (χ1n) is 11.6.